The van der Waals surface area contributed by atoms with Crippen molar-refractivity contribution in [1.29, 1.82) is 0 Å². The van der Waals surface area contributed by atoms with Crippen LogP contribution in [0.25, 0.3) is 0 Å². The highest BCUT2D eigenvalue weighted by atomic mass is 79.9. The van der Waals surface area contributed by atoms with Crippen LogP contribution in [0.1, 0.15) is 33.6 Å². The van der Waals surface area contributed by atoms with E-state index in [0.29, 0.717) is 4.83 Å². The van der Waals surface area contributed by atoms with Crippen LogP contribution in [0.4, 0.5) is 0 Å². The molecule has 1 atom stereocenters. The third-order valence-electron chi connectivity index (χ3n) is 2.15. The number of piperidine rings is 1. The van der Waals surface area contributed by atoms with Gasteiger partial charge in [-0.05, 0) is 33.6 Å². The van der Waals surface area contributed by atoms with Gasteiger partial charge in [0.1, 0.15) is 0 Å². The minimum atomic E-state index is -0.417. The predicted molar refractivity (Wildman–Crippen MR) is 59.1 cm³/mol. The molecule has 1 saturated heterocycles. The lowest BCUT2D eigenvalue weighted by Crippen LogP contribution is -2.40. The first kappa shape index (κ1) is 12.0. The van der Waals surface area contributed by atoms with Crippen molar-refractivity contribution in [3.05, 3.63) is 0 Å². The summed E-state index contributed by atoms with van der Waals surface area (Å²) in [6.07, 6.45) is 2.23. The van der Waals surface area contributed by atoms with Crippen molar-refractivity contribution in [3.63, 3.8) is 0 Å². The molecule has 0 radical (unpaired) electrons. The van der Waals surface area contributed by atoms with Gasteiger partial charge in [0.15, 0.2) is 0 Å². The monoisotopic (exact) mass is 263 g/mol. The predicted octanol–water partition coefficient (Wildman–Crippen LogP) is 2.35. The second-order valence-corrected chi connectivity index (χ2v) is 6.05. The van der Waals surface area contributed by atoms with Crippen LogP contribution >= 0.6 is 15.9 Å². The van der Waals surface area contributed by atoms with Gasteiger partial charge in [-0.1, -0.05) is 15.9 Å². The van der Waals surface area contributed by atoms with Gasteiger partial charge in [-0.25, -0.2) is 4.79 Å². The molecule has 0 bridgehead atoms. The molecule has 0 aromatic heterocycles. The molecule has 4 heteroatoms. The quantitative estimate of drug-likeness (QED) is 0.681. The van der Waals surface area contributed by atoms with Crippen molar-refractivity contribution in [2.45, 2.75) is 38.4 Å². The van der Waals surface area contributed by atoms with Crippen LogP contribution in [0.5, 0.6) is 0 Å². The first-order valence-electron chi connectivity index (χ1n) is 5.01. The minimum Gasteiger partial charge on any atom is -0.367 e. The first-order valence-corrected chi connectivity index (χ1v) is 5.92. The normalized spacial score (nSPS) is 24.7. The molecule has 1 heterocycles. The van der Waals surface area contributed by atoms with Crippen LogP contribution in [-0.2, 0) is 9.63 Å². The van der Waals surface area contributed by atoms with Crippen molar-refractivity contribution < 1.29 is 9.63 Å². The number of carbonyl (C=O) groups is 1. The summed E-state index contributed by atoms with van der Waals surface area (Å²) in [4.78, 5) is 17.3. The Balaban J connectivity index is 2.40. The number of rotatable bonds is 1. The van der Waals surface area contributed by atoms with E-state index in [1.807, 2.05) is 20.8 Å². The van der Waals surface area contributed by atoms with Gasteiger partial charge in [-0.2, -0.15) is 0 Å². The number of alkyl halides is 1. The number of hydroxylamine groups is 2. The fraction of sp³-hybridized carbons (Fsp3) is 0.900. The molecule has 0 aliphatic carbocycles. The molecule has 0 amide bonds. The van der Waals surface area contributed by atoms with Crippen molar-refractivity contribution in [3.8, 4) is 0 Å². The van der Waals surface area contributed by atoms with Crippen LogP contribution in [0.3, 0.4) is 0 Å². The van der Waals surface area contributed by atoms with Gasteiger partial charge in [0, 0.05) is 17.9 Å². The molecule has 0 N–H and O–H groups in total. The van der Waals surface area contributed by atoms with E-state index in [1.165, 1.54) is 0 Å². The highest BCUT2D eigenvalue weighted by molar-refractivity contribution is 9.09. The summed E-state index contributed by atoms with van der Waals surface area (Å²) in [5, 5.41) is 1.76. The van der Waals surface area contributed by atoms with Crippen molar-refractivity contribution >= 4 is 21.9 Å². The Labute approximate surface area is 93.9 Å². The Morgan fingerprint density at radius 3 is 2.64 bits per heavy atom. The summed E-state index contributed by atoms with van der Waals surface area (Å²) < 4.78 is 0. The summed E-state index contributed by atoms with van der Waals surface area (Å²) in [6, 6.07) is 0. The number of hydrogen-bond acceptors (Lipinski definition) is 3. The zero-order chi connectivity index (χ0) is 10.8. The molecule has 1 rings (SSSR count). The van der Waals surface area contributed by atoms with Gasteiger partial charge in [0.25, 0.3) is 0 Å². The third-order valence-corrected chi connectivity index (χ3v) is 2.90. The fourth-order valence-electron chi connectivity index (χ4n) is 1.23. The second-order valence-electron chi connectivity index (χ2n) is 4.76. The second kappa shape index (κ2) is 4.62. The van der Waals surface area contributed by atoms with Crippen LogP contribution in [0.15, 0.2) is 0 Å². The summed E-state index contributed by atoms with van der Waals surface area (Å²) in [7, 11) is 0. The van der Waals surface area contributed by atoms with Crippen molar-refractivity contribution in [2.24, 2.45) is 5.41 Å². The lowest BCUT2D eigenvalue weighted by molar-refractivity contribution is -0.203. The lowest BCUT2D eigenvalue weighted by atomic mass is 9.98. The molecular formula is C10H18BrNO2. The summed E-state index contributed by atoms with van der Waals surface area (Å²) in [5.74, 6) is -0.154. The molecule has 0 aromatic rings. The lowest BCUT2D eigenvalue weighted by Gasteiger charge is -2.30. The van der Waals surface area contributed by atoms with Crippen molar-refractivity contribution in [1.82, 2.24) is 5.06 Å². The van der Waals surface area contributed by atoms with Gasteiger partial charge >= 0.3 is 5.97 Å². The Morgan fingerprint density at radius 2 is 2.14 bits per heavy atom. The van der Waals surface area contributed by atoms with E-state index >= 15 is 0 Å². The Morgan fingerprint density at radius 1 is 1.50 bits per heavy atom. The molecule has 14 heavy (non-hydrogen) atoms. The molecule has 3 nitrogen and oxygen atoms in total. The molecular weight excluding hydrogens is 246 g/mol. The number of nitrogens with zero attached hydrogens (tertiary/aromatic N) is 1. The van der Waals surface area contributed by atoms with Crippen LogP contribution in [-0.4, -0.2) is 28.9 Å². The SMILES string of the molecule is CC(C)(C)C(=O)ON1CCCC(Br)C1. The molecule has 0 aromatic carbocycles. The van der Waals surface area contributed by atoms with E-state index < -0.39 is 5.41 Å². The highest BCUT2D eigenvalue weighted by Crippen LogP contribution is 2.20. The molecule has 1 aliphatic rings. The van der Waals surface area contributed by atoms with Crippen LogP contribution in [0, 0.1) is 5.41 Å². The zero-order valence-electron chi connectivity index (χ0n) is 9.05. The van der Waals surface area contributed by atoms with Gasteiger partial charge in [0.2, 0.25) is 0 Å². The number of halogens is 1. The Kier molecular flexibility index (Phi) is 3.95. The molecule has 1 aliphatic heterocycles. The van der Waals surface area contributed by atoms with Crippen LogP contribution in [0.2, 0.25) is 0 Å². The summed E-state index contributed by atoms with van der Waals surface area (Å²) in [5.41, 5.74) is -0.417. The van der Waals surface area contributed by atoms with E-state index in [4.69, 9.17) is 4.84 Å². The zero-order valence-corrected chi connectivity index (χ0v) is 10.6. The summed E-state index contributed by atoms with van der Waals surface area (Å²) in [6.45, 7) is 7.24. The van der Waals surface area contributed by atoms with Gasteiger partial charge in [0.05, 0.1) is 5.41 Å². The first-order chi connectivity index (χ1) is 6.39. The van der Waals surface area contributed by atoms with E-state index in [-0.39, 0.29) is 5.97 Å². The highest BCUT2D eigenvalue weighted by Gasteiger charge is 2.28. The Hall–Kier alpha value is -0.0900. The van der Waals surface area contributed by atoms with Crippen LogP contribution < -0.4 is 0 Å². The van der Waals surface area contributed by atoms with E-state index in [0.717, 1.165) is 25.9 Å². The van der Waals surface area contributed by atoms with E-state index in [1.54, 1.807) is 5.06 Å². The van der Waals surface area contributed by atoms with Crippen molar-refractivity contribution in [2.75, 3.05) is 13.1 Å². The molecule has 1 fully saturated rings. The molecule has 1 unspecified atom stereocenters. The third kappa shape index (κ3) is 3.58. The standard InChI is InChI=1S/C10H18BrNO2/c1-10(2,3)9(13)14-12-6-4-5-8(11)7-12/h8H,4-7H2,1-3H3. The smallest absolute Gasteiger partial charge is 0.330 e. The average molecular weight is 264 g/mol. The maximum absolute atomic E-state index is 11.6. The summed E-state index contributed by atoms with van der Waals surface area (Å²) >= 11 is 3.54. The Bertz CT molecular complexity index is 213. The van der Waals surface area contributed by atoms with E-state index in [9.17, 15) is 4.79 Å². The average Bonchev–Trinajstić information content (AvgIpc) is 2.02. The topological polar surface area (TPSA) is 29.5 Å². The number of carbonyl (C=O) groups excluding carboxylic acids is 1. The molecule has 0 spiro atoms. The maximum atomic E-state index is 11.6. The minimum absolute atomic E-state index is 0.154. The fourth-order valence-corrected chi connectivity index (χ4v) is 1.88. The van der Waals surface area contributed by atoms with Gasteiger partial charge in [-0.3, -0.25) is 0 Å². The molecule has 82 valence electrons. The van der Waals surface area contributed by atoms with Gasteiger partial charge < -0.3 is 4.84 Å². The van der Waals surface area contributed by atoms with Gasteiger partial charge in [-0.15, -0.1) is 5.06 Å². The van der Waals surface area contributed by atoms with E-state index in [2.05, 4.69) is 15.9 Å². The maximum Gasteiger partial charge on any atom is 0.330 e. The number of hydrogen-bond donors (Lipinski definition) is 0. The largest absolute Gasteiger partial charge is 0.367 e. The molecule has 0 saturated carbocycles.